The Morgan fingerprint density at radius 3 is 2.00 bits per heavy atom. The number of carbonyl (C=O) groups is 1. The first-order valence-corrected chi connectivity index (χ1v) is 6.89. The summed E-state index contributed by atoms with van der Waals surface area (Å²) < 4.78 is 0. The van der Waals surface area contributed by atoms with Crippen LogP contribution in [-0.2, 0) is 0 Å². The zero-order chi connectivity index (χ0) is 14.7. The fraction of sp³-hybridized carbons (Fsp3) is 0.278. The lowest BCUT2D eigenvalue weighted by Gasteiger charge is -2.13. The number of anilines is 1. The van der Waals surface area contributed by atoms with E-state index in [0.29, 0.717) is 6.54 Å². The van der Waals surface area contributed by atoms with Crippen LogP contribution < -0.4 is 5.32 Å². The second kappa shape index (κ2) is 5.91. The van der Waals surface area contributed by atoms with Crippen molar-refractivity contribution in [1.29, 1.82) is 0 Å². The van der Waals surface area contributed by atoms with Crippen molar-refractivity contribution in [3.05, 3.63) is 64.2 Å². The number of aryl methyl sites for hydroxylation is 4. The molecule has 2 aromatic rings. The third-order valence-electron chi connectivity index (χ3n) is 3.48. The molecule has 0 spiro atoms. The van der Waals surface area contributed by atoms with E-state index in [1.54, 1.807) is 0 Å². The van der Waals surface area contributed by atoms with Crippen LogP contribution >= 0.6 is 0 Å². The Kier molecular flexibility index (Phi) is 4.23. The lowest BCUT2D eigenvalue weighted by atomic mass is 10.0. The third kappa shape index (κ3) is 3.27. The standard InChI is InChI=1S/C18H21NO/c1-12-5-7-16(8-6-12)17(20)11-19-18-14(3)9-13(2)10-15(18)4/h5-10,19H,11H2,1-4H3. The Labute approximate surface area is 120 Å². The molecule has 0 fully saturated rings. The number of benzene rings is 2. The molecule has 2 aromatic carbocycles. The van der Waals surface area contributed by atoms with Crippen LogP contribution in [0.2, 0.25) is 0 Å². The monoisotopic (exact) mass is 267 g/mol. The smallest absolute Gasteiger partial charge is 0.181 e. The Morgan fingerprint density at radius 1 is 0.900 bits per heavy atom. The van der Waals surface area contributed by atoms with Crippen molar-refractivity contribution in [1.82, 2.24) is 0 Å². The molecule has 0 bridgehead atoms. The van der Waals surface area contributed by atoms with Crippen molar-refractivity contribution in [3.8, 4) is 0 Å². The zero-order valence-corrected chi connectivity index (χ0v) is 12.6. The van der Waals surface area contributed by atoms with Gasteiger partial charge in [0.05, 0.1) is 6.54 Å². The quantitative estimate of drug-likeness (QED) is 0.840. The summed E-state index contributed by atoms with van der Waals surface area (Å²) in [5.41, 5.74) is 6.59. The summed E-state index contributed by atoms with van der Waals surface area (Å²) >= 11 is 0. The van der Waals surface area contributed by atoms with Gasteiger partial charge >= 0.3 is 0 Å². The van der Waals surface area contributed by atoms with Crippen molar-refractivity contribution in [2.45, 2.75) is 27.7 Å². The van der Waals surface area contributed by atoms with E-state index >= 15 is 0 Å². The molecular formula is C18H21NO. The highest BCUT2D eigenvalue weighted by Gasteiger charge is 2.08. The average Bonchev–Trinajstić information content (AvgIpc) is 2.38. The minimum Gasteiger partial charge on any atom is -0.377 e. The maximum absolute atomic E-state index is 12.2. The summed E-state index contributed by atoms with van der Waals surface area (Å²) in [4.78, 5) is 12.2. The first kappa shape index (κ1) is 14.3. The van der Waals surface area contributed by atoms with Crippen molar-refractivity contribution in [3.63, 3.8) is 0 Å². The fourth-order valence-corrected chi connectivity index (χ4v) is 2.47. The molecule has 0 unspecified atom stereocenters. The van der Waals surface area contributed by atoms with Crippen molar-refractivity contribution >= 4 is 11.5 Å². The first-order valence-electron chi connectivity index (χ1n) is 6.89. The van der Waals surface area contributed by atoms with Crippen LogP contribution in [0.1, 0.15) is 32.6 Å². The van der Waals surface area contributed by atoms with Gasteiger partial charge in [-0.2, -0.15) is 0 Å². The normalized spacial score (nSPS) is 10.4. The van der Waals surface area contributed by atoms with E-state index in [1.165, 1.54) is 22.3 Å². The number of hydrogen-bond acceptors (Lipinski definition) is 2. The van der Waals surface area contributed by atoms with Crippen LogP contribution in [0, 0.1) is 27.7 Å². The average molecular weight is 267 g/mol. The SMILES string of the molecule is Cc1ccc(C(=O)CNc2c(C)cc(C)cc2C)cc1. The molecule has 20 heavy (non-hydrogen) atoms. The molecule has 104 valence electrons. The molecule has 0 aliphatic carbocycles. The van der Waals surface area contributed by atoms with Crippen LogP contribution in [0.3, 0.4) is 0 Å². The maximum Gasteiger partial charge on any atom is 0.181 e. The lowest BCUT2D eigenvalue weighted by molar-refractivity contribution is 0.101. The van der Waals surface area contributed by atoms with Crippen molar-refractivity contribution < 1.29 is 4.79 Å². The van der Waals surface area contributed by atoms with Crippen LogP contribution in [0.25, 0.3) is 0 Å². The number of carbonyl (C=O) groups excluding carboxylic acids is 1. The van der Waals surface area contributed by atoms with Gasteiger partial charge < -0.3 is 5.32 Å². The third-order valence-corrected chi connectivity index (χ3v) is 3.48. The number of ketones is 1. The van der Waals surface area contributed by atoms with Crippen molar-refractivity contribution in [2.24, 2.45) is 0 Å². The van der Waals surface area contributed by atoms with Gasteiger partial charge in [0.15, 0.2) is 5.78 Å². The van der Waals surface area contributed by atoms with E-state index in [-0.39, 0.29) is 5.78 Å². The van der Waals surface area contributed by atoms with E-state index < -0.39 is 0 Å². The Morgan fingerprint density at radius 2 is 1.45 bits per heavy atom. The van der Waals surface area contributed by atoms with Crippen LogP contribution in [0.15, 0.2) is 36.4 Å². The lowest BCUT2D eigenvalue weighted by Crippen LogP contribution is -2.15. The largest absolute Gasteiger partial charge is 0.377 e. The molecule has 0 atom stereocenters. The number of nitrogens with one attached hydrogen (secondary N) is 1. The molecule has 0 aliphatic rings. The molecule has 2 nitrogen and oxygen atoms in total. The van der Waals surface area contributed by atoms with Crippen molar-refractivity contribution in [2.75, 3.05) is 11.9 Å². The molecule has 0 aliphatic heterocycles. The highest BCUT2D eigenvalue weighted by atomic mass is 16.1. The highest BCUT2D eigenvalue weighted by Crippen LogP contribution is 2.21. The van der Waals surface area contributed by atoms with Gasteiger partial charge in [0.25, 0.3) is 0 Å². The predicted molar refractivity (Wildman–Crippen MR) is 84.7 cm³/mol. The highest BCUT2D eigenvalue weighted by molar-refractivity contribution is 5.99. The molecule has 0 saturated heterocycles. The van der Waals surface area contributed by atoms with Crippen LogP contribution in [0.4, 0.5) is 5.69 Å². The van der Waals surface area contributed by atoms with Gasteiger partial charge in [-0.25, -0.2) is 0 Å². The van der Waals surface area contributed by atoms with E-state index in [1.807, 2.05) is 31.2 Å². The van der Waals surface area contributed by atoms with Gasteiger partial charge in [-0.15, -0.1) is 0 Å². The molecule has 2 heteroatoms. The van der Waals surface area contributed by atoms with E-state index in [0.717, 1.165) is 11.3 Å². The number of hydrogen-bond donors (Lipinski definition) is 1. The Bertz CT molecular complexity index is 603. The minimum atomic E-state index is 0.115. The number of Topliss-reactive ketones (excluding diaryl/α,β-unsaturated/α-hetero) is 1. The molecule has 0 aromatic heterocycles. The van der Waals surface area contributed by atoms with Gasteiger partial charge in [-0.1, -0.05) is 47.5 Å². The van der Waals surface area contributed by atoms with Crippen LogP contribution in [-0.4, -0.2) is 12.3 Å². The topological polar surface area (TPSA) is 29.1 Å². The maximum atomic E-state index is 12.2. The molecular weight excluding hydrogens is 246 g/mol. The predicted octanol–water partition coefficient (Wildman–Crippen LogP) is 4.22. The Hall–Kier alpha value is -2.09. The zero-order valence-electron chi connectivity index (χ0n) is 12.6. The second-order valence-electron chi connectivity index (χ2n) is 5.42. The number of rotatable bonds is 4. The van der Waals surface area contributed by atoms with E-state index in [9.17, 15) is 4.79 Å². The molecule has 2 rings (SSSR count). The summed E-state index contributed by atoms with van der Waals surface area (Å²) in [6.07, 6.45) is 0. The summed E-state index contributed by atoms with van der Waals surface area (Å²) in [5.74, 6) is 0.115. The molecule has 0 amide bonds. The molecule has 0 radical (unpaired) electrons. The summed E-state index contributed by atoms with van der Waals surface area (Å²) in [6, 6.07) is 12.0. The molecule has 0 heterocycles. The first-order chi connectivity index (χ1) is 9.47. The minimum absolute atomic E-state index is 0.115. The van der Waals surface area contributed by atoms with Gasteiger partial charge in [-0.3, -0.25) is 4.79 Å². The Balaban J connectivity index is 2.09. The van der Waals surface area contributed by atoms with E-state index in [2.05, 4.69) is 38.2 Å². The summed E-state index contributed by atoms with van der Waals surface area (Å²) in [6.45, 7) is 8.57. The van der Waals surface area contributed by atoms with Gasteiger partial charge in [-0.05, 0) is 38.8 Å². The van der Waals surface area contributed by atoms with Gasteiger partial charge in [0, 0.05) is 11.3 Å². The van der Waals surface area contributed by atoms with E-state index in [4.69, 9.17) is 0 Å². The van der Waals surface area contributed by atoms with Crippen LogP contribution in [0.5, 0.6) is 0 Å². The fourth-order valence-electron chi connectivity index (χ4n) is 2.47. The van der Waals surface area contributed by atoms with Gasteiger partial charge in [0.2, 0.25) is 0 Å². The summed E-state index contributed by atoms with van der Waals surface area (Å²) in [5, 5.41) is 3.27. The molecule has 0 saturated carbocycles. The second-order valence-corrected chi connectivity index (χ2v) is 5.42. The summed E-state index contributed by atoms with van der Waals surface area (Å²) in [7, 11) is 0. The molecule has 1 N–H and O–H groups in total. The van der Waals surface area contributed by atoms with Gasteiger partial charge in [0.1, 0.15) is 0 Å².